The third-order valence-electron chi connectivity index (χ3n) is 6.37. The van der Waals surface area contributed by atoms with Crippen LogP contribution in [0.1, 0.15) is 38.2 Å². The second-order valence-electron chi connectivity index (χ2n) is 9.40. The Labute approximate surface area is 219 Å². The minimum absolute atomic E-state index is 0.0298. The summed E-state index contributed by atoms with van der Waals surface area (Å²) in [6.45, 7) is 2.39. The molecule has 0 fully saturated rings. The van der Waals surface area contributed by atoms with Crippen LogP contribution in [0, 0.1) is 5.92 Å². The molecular weight excluding hydrogens is 493 g/mol. The number of aromatic nitrogens is 3. The molecule has 2 heterocycles. The zero-order valence-corrected chi connectivity index (χ0v) is 20.9. The lowest BCUT2D eigenvalue weighted by molar-refractivity contribution is -0.138. The smallest absolute Gasteiger partial charge is 0.416 e. The maximum atomic E-state index is 13.7. The molecule has 0 bridgehead atoms. The highest BCUT2D eigenvalue weighted by Crippen LogP contribution is 2.39. The summed E-state index contributed by atoms with van der Waals surface area (Å²) in [5.41, 5.74) is 8.13. The SMILES string of the molecule is C[C@H](CCCCn1c(-c2ccccc2)nc(-c2ccnc(N)c2)c1-c1cccc(C(F)(F)F)c1)CC(=O)O. The molecule has 0 saturated heterocycles. The Kier molecular flexibility index (Phi) is 8.14. The van der Waals surface area contributed by atoms with Crippen LogP contribution in [0.15, 0.2) is 72.9 Å². The van der Waals surface area contributed by atoms with Crippen molar-refractivity contribution in [3.63, 3.8) is 0 Å². The van der Waals surface area contributed by atoms with Crippen LogP contribution in [0.4, 0.5) is 19.0 Å². The van der Waals surface area contributed by atoms with Crippen LogP contribution in [0.2, 0.25) is 0 Å². The first kappa shape index (κ1) is 26.9. The number of nitrogens with two attached hydrogens (primary N) is 1. The molecule has 9 heteroatoms. The third-order valence-corrected chi connectivity index (χ3v) is 6.37. The highest BCUT2D eigenvalue weighted by molar-refractivity contribution is 5.83. The Bertz CT molecular complexity index is 1400. The van der Waals surface area contributed by atoms with Crippen LogP contribution >= 0.6 is 0 Å². The van der Waals surface area contributed by atoms with Crippen molar-refractivity contribution in [2.24, 2.45) is 5.92 Å². The van der Waals surface area contributed by atoms with Gasteiger partial charge in [0.05, 0.1) is 17.0 Å². The number of nitrogen functional groups attached to an aromatic ring is 1. The number of carboxylic acid groups (broad SMARTS) is 1. The zero-order valence-electron chi connectivity index (χ0n) is 20.9. The third kappa shape index (κ3) is 6.40. The van der Waals surface area contributed by atoms with E-state index >= 15 is 0 Å². The quantitative estimate of drug-likeness (QED) is 0.216. The molecule has 0 unspecified atom stereocenters. The van der Waals surface area contributed by atoms with Crippen molar-refractivity contribution in [2.45, 2.75) is 45.3 Å². The van der Waals surface area contributed by atoms with Gasteiger partial charge in [-0.2, -0.15) is 13.2 Å². The number of nitrogens with zero attached hydrogens (tertiary/aromatic N) is 3. The summed E-state index contributed by atoms with van der Waals surface area (Å²) in [6.07, 6.45) is -0.654. The lowest BCUT2D eigenvalue weighted by atomic mass is 10.0. The van der Waals surface area contributed by atoms with Gasteiger partial charge in [-0.15, -0.1) is 0 Å². The summed E-state index contributed by atoms with van der Waals surface area (Å²) in [5.74, 6) is 0.108. The highest BCUT2D eigenvalue weighted by atomic mass is 19.4. The van der Waals surface area contributed by atoms with Crippen molar-refractivity contribution in [2.75, 3.05) is 5.73 Å². The summed E-state index contributed by atoms with van der Waals surface area (Å²) >= 11 is 0. The van der Waals surface area contributed by atoms with E-state index in [0.29, 0.717) is 41.3 Å². The van der Waals surface area contributed by atoms with Gasteiger partial charge in [0, 0.05) is 35.9 Å². The first-order chi connectivity index (χ1) is 18.1. The molecule has 1 atom stereocenters. The molecule has 0 aliphatic heterocycles. The molecule has 2 aromatic carbocycles. The number of unbranched alkanes of at least 4 members (excludes halogenated alkanes) is 1. The lowest BCUT2D eigenvalue weighted by Gasteiger charge is -2.16. The molecule has 4 aromatic rings. The van der Waals surface area contributed by atoms with Crippen molar-refractivity contribution in [1.29, 1.82) is 0 Å². The van der Waals surface area contributed by atoms with Gasteiger partial charge in [0.1, 0.15) is 11.6 Å². The van der Waals surface area contributed by atoms with E-state index in [2.05, 4.69) is 4.98 Å². The van der Waals surface area contributed by atoms with Crippen LogP contribution in [0.25, 0.3) is 33.9 Å². The average Bonchev–Trinajstić information content (AvgIpc) is 3.26. The van der Waals surface area contributed by atoms with Gasteiger partial charge < -0.3 is 15.4 Å². The van der Waals surface area contributed by atoms with Gasteiger partial charge in [-0.3, -0.25) is 4.79 Å². The summed E-state index contributed by atoms with van der Waals surface area (Å²) in [5, 5.41) is 9.05. The van der Waals surface area contributed by atoms with E-state index in [9.17, 15) is 18.0 Å². The molecule has 0 spiro atoms. The van der Waals surface area contributed by atoms with Crippen molar-refractivity contribution < 1.29 is 23.1 Å². The zero-order chi connectivity index (χ0) is 27.3. The molecule has 0 aliphatic carbocycles. The Balaban J connectivity index is 1.84. The summed E-state index contributed by atoms with van der Waals surface area (Å²) in [6, 6.07) is 18.1. The number of carboxylic acids is 1. The Morgan fingerprint density at radius 1 is 1.00 bits per heavy atom. The van der Waals surface area contributed by atoms with E-state index in [0.717, 1.165) is 30.5 Å². The number of carbonyl (C=O) groups is 1. The second kappa shape index (κ2) is 11.5. The number of aliphatic carboxylic acids is 1. The number of benzene rings is 2. The average molecular weight is 523 g/mol. The lowest BCUT2D eigenvalue weighted by Crippen LogP contribution is -2.07. The van der Waals surface area contributed by atoms with Gasteiger partial charge in [-0.1, -0.05) is 62.2 Å². The van der Waals surface area contributed by atoms with Crippen molar-refractivity contribution in [3.8, 4) is 33.9 Å². The fourth-order valence-electron chi connectivity index (χ4n) is 4.57. The number of anilines is 1. The number of alkyl halides is 3. The first-order valence-corrected chi connectivity index (χ1v) is 12.4. The minimum Gasteiger partial charge on any atom is -0.481 e. The van der Waals surface area contributed by atoms with Crippen LogP contribution in [-0.2, 0) is 17.5 Å². The number of halogens is 3. The Hall–Kier alpha value is -4.14. The van der Waals surface area contributed by atoms with Gasteiger partial charge >= 0.3 is 12.1 Å². The Morgan fingerprint density at radius 3 is 2.42 bits per heavy atom. The van der Waals surface area contributed by atoms with Gasteiger partial charge in [-0.05, 0) is 36.6 Å². The number of imidazole rings is 1. The Morgan fingerprint density at radius 2 is 1.74 bits per heavy atom. The summed E-state index contributed by atoms with van der Waals surface area (Å²) < 4.78 is 42.9. The van der Waals surface area contributed by atoms with E-state index in [1.807, 2.05) is 41.8 Å². The predicted molar refractivity (Wildman–Crippen MR) is 141 cm³/mol. The summed E-state index contributed by atoms with van der Waals surface area (Å²) in [4.78, 5) is 20.0. The van der Waals surface area contributed by atoms with Crippen molar-refractivity contribution in [1.82, 2.24) is 14.5 Å². The van der Waals surface area contributed by atoms with Crippen LogP contribution in [-0.4, -0.2) is 25.6 Å². The fraction of sp³-hybridized carbons (Fsp3) is 0.276. The summed E-state index contributed by atoms with van der Waals surface area (Å²) in [7, 11) is 0. The van der Waals surface area contributed by atoms with Crippen LogP contribution < -0.4 is 5.73 Å². The molecule has 0 amide bonds. The molecule has 0 radical (unpaired) electrons. The molecule has 4 rings (SSSR count). The van der Waals surface area contributed by atoms with Crippen molar-refractivity contribution in [3.05, 3.63) is 78.5 Å². The van der Waals surface area contributed by atoms with Gasteiger partial charge in [-0.25, -0.2) is 9.97 Å². The van der Waals surface area contributed by atoms with E-state index in [1.54, 1.807) is 24.4 Å². The van der Waals surface area contributed by atoms with E-state index < -0.39 is 17.7 Å². The maximum absolute atomic E-state index is 13.7. The largest absolute Gasteiger partial charge is 0.481 e. The van der Waals surface area contributed by atoms with Gasteiger partial charge in [0.15, 0.2) is 0 Å². The van der Waals surface area contributed by atoms with Crippen molar-refractivity contribution >= 4 is 11.8 Å². The molecule has 0 saturated carbocycles. The van der Waals surface area contributed by atoms with Gasteiger partial charge in [0.2, 0.25) is 0 Å². The van der Waals surface area contributed by atoms with E-state index in [1.165, 1.54) is 6.07 Å². The molecule has 6 nitrogen and oxygen atoms in total. The molecule has 198 valence electrons. The fourth-order valence-corrected chi connectivity index (χ4v) is 4.57. The number of pyridine rings is 1. The second-order valence-corrected chi connectivity index (χ2v) is 9.40. The molecular formula is C29H29F3N4O2. The normalized spacial score (nSPS) is 12.4. The van der Waals surface area contributed by atoms with E-state index in [4.69, 9.17) is 15.8 Å². The standard InChI is InChI=1S/C29H29F3N4O2/c1-19(16-25(37)38)8-5-6-15-36-27(22-11-7-12-23(17-22)29(30,31)32)26(21-13-14-34-24(33)18-21)35-28(36)20-9-3-2-4-10-20/h2-4,7,9-14,17-19H,5-6,8,15-16H2,1H3,(H2,33,34)(H,37,38)/t19-/m1/s1. The highest BCUT2D eigenvalue weighted by Gasteiger charge is 2.31. The van der Waals surface area contributed by atoms with Gasteiger partial charge in [0.25, 0.3) is 0 Å². The first-order valence-electron chi connectivity index (χ1n) is 12.4. The predicted octanol–water partition coefficient (Wildman–Crippen LogP) is 7.16. The topological polar surface area (TPSA) is 94.0 Å². The number of hydrogen-bond donors (Lipinski definition) is 2. The van der Waals surface area contributed by atoms with E-state index in [-0.39, 0.29) is 18.2 Å². The monoisotopic (exact) mass is 522 g/mol. The van der Waals surface area contributed by atoms with Crippen LogP contribution in [0.5, 0.6) is 0 Å². The van der Waals surface area contributed by atoms with Crippen LogP contribution in [0.3, 0.4) is 0 Å². The molecule has 38 heavy (non-hydrogen) atoms. The maximum Gasteiger partial charge on any atom is 0.416 e. The number of rotatable bonds is 10. The minimum atomic E-state index is -4.50. The molecule has 2 aromatic heterocycles. The molecule has 3 N–H and O–H groups in total. The number of hydrogen-bond acceptors (Lipinski definition) is 4. The molecule has 0 aliphatic rings.